The Hall–Kier alpha value is -2.40. The lowest BCUT2D eigenvalue weighted by Crippen LogP contribution is -2.70. The zero-order chi connectivity index (χ0) is 20.3. The average Bonchev–Trinajstić information content (AvgIpc) is 2.58. The molecule has 148 valence electrons. The molecule has 0 bridgehead atoms. The fraction of sp³-hybridized carbons (Fsp3) is 0.562. The van der Waals surface area contributed by atoms with E-state index in [-0.39, 0.29) is 42.9 Å². The summed E-state index contributed by atoms with van der Waals surface area (Å²) < 4.78 is 0. The summed E-state index contributed by atoms with van der Waals surface area (Å²) in [5, 5.41) is 20.1. The maximum atomic E-state index is 12.4. The molecule has 0 unspecified atom stereocenters. The number of β-lactam (4-membered cyclic amide) rings is 1. The molecule has 2 aliphatic rings. The predicted molar refractivity (Wildman–Crippen MR) is 94.4 cm³/mol. The van der Waals surface area contributed by atoms with Crippen LogP contribution in [0.25, 0.3) is 0 Å². The van der Waals surface area contributed by atoms with Crippen LogP contribution in [0.3, 0.4) is 0 Å². The van der Waals surface area contributed by atoms with Crippen LogP contribution in [-0.4, -0.2) is 67.9 Å². The number of fused-ring (bicyclic) bond motifs is 1. The van der Waals surface area contributed by atoms with Crippen LogP contribution < -0.4 is 11.1 Å². The minimum absolute atomic E-state index is 0.0133. The van der Waals surface area contributed by atoms with Crippen LogP contribution in [0.15, 0.2) is 11.3 Å². The van der Waals surface area contributed by atoms with E-state index in [0.29, 0.717) is 5.57 Å². The number of Topliss-reactive ketones (excluding diaryl/α,β-unsaturated/α-hetero) is 1. The summed E-state index contributed by atoms with van der Waals surface area (Å²) >= 11 is 1.29. The standard InChI is InChI=1S/C16H21N3O7S/c1-7(20)5-8-6-27-14-11(13(22)19(14)12(8)16(25)26)18-10(21)4-2-3-9(17)15(23)24/h9,11,14H,2-6,17H2,1H3,(H,18,21)(H,23,24)(H,25,26)/t9-,11-,14+/m1/s1. The quantitative estimate of drug-likeness (QED) is 0.366. The molecule has 2 heterocycles. The number of rotatable bonds is 9. The van der Waals surface area contributed by atoms with Crippen LogP contribution in [0.2, 0.25) is 0 Å². The minimum atomic E-state index is -1.28. The van der Waals surface area contributed by atoms with E-state index in [9.17, 15) is 29.1 Å². The summed E-state index contributed by atoms with van der Waals surface area (Å²) in [5.41, 5.74) is 5.56. The molecule has 0 aliphatic carbocycles. The van der Waals surface area contributed by atoms with Gasteiger partial charge in [-0.3, -0.25) is 24.1 Å². The van der Waals surface area contributed by atoms with E-state index in [4.69, 9.17) is 10.8 Å². The van der Waals surface area contributed by atoms with Gasteiger partial charge >= 0.3 is 11.9 Å². The van der Waals surface area contributed by atoms with Crippen molar-refractivity contribution in [3.05, 3.63) is 11.3 Å². The topological polar surface area (TPSA) is 167 Å². The maximum Gasteiger partial charge on any atom is 0.352 e. The fourth-order valence-corrected chi connectivity index (χ4v) is 4.32. The van der Waals surface area contributed by atoms with Crippen molar-refractivity contribution in [3.8, 4) is 0 Å². The number of amides is 2. The average molecular weight is 399 g/mol. The Balaban J connectivity index is 1.96. The fourth-order valence-electron chi connectivity index (χ4n) is 2.97. The van der Waals surface area contributed by atoms with Crippen molar-refractivity contribution in [1.82, 2.24) is 10.2 Å². The van der Waals surface area contributed by atoms with Gasteiger partial charge < -0.3 is 21.3 Å². The normalized spacial score (nSPS) is 22.6. The number of hydrogen-bond acceptors (Lipinski definition) is 7. The molecule has 1 fully saturated rings. The SMILES string of the molecule is CC(=O)CC1=C(C(=O)O)N2C(=O)[C@@H](NC(=O)CCC[C@@H](N)C(=O)O)[C@@H]2SC1. The molecule has 1 saturated heterocycles. The Bertz CT molecular complexity index is 721. The lowest BCUT2D eigenvalue weighted by molar-refractivity contribution is -0.150. The Labute approximate surface area is 159 Å². The van der Waals surface area contributed by atoms with Gasteiger partial charge in [-0.2, -0.15) is 0 Å². The first-order valence-corrected chi connectivity index (χ1v) is 9.35. The summed E-state index contributed by atoms with van der Waals surface area (Å²) in [6.45, 7) is 1.35. The summed E-state index contributed by atoms with van der Waals surface area (Å²) in [6.07, 6.45) is 0.363. The number of thioether (sulfide) groups is 1. The van der Waals surface area contributed by atoms with Crippen molar-refractivity contribution in [1.29, 1.82) is 0 Å². The van der Waals surface area contributed by atoms with Crippen molar-refractivity contribution in [2.24, 2.45) is 5.73 Å². The summed E-state index contributed by atoms with van der Waals surface area (Å²) in [5.74, 6) is -3.30. The third kappa shape index (κ3) is 4.66. The first-order chi connectivity index (χ1) is 12.6. The molecule has 0 saturated carbocycles. The third-order valence-electron chi connectivity index (χ3n) is 4.26. The smallest absolute Gasteiger partial charge is 0.352 e. The molecule has 2 aliphatic heterocycles. The molecular formula is C16H21N3O7S. The zero-order valence-corrected chi connectivity index (χ0v) is 15.5. The first kappa shape index (κ1) is 20.9. The second-order valence-corrected chi connectivity index (χ2v) is 7.53. The Morgan fingerprint density at radius 2 is 2.00 bits per heavy atom. The Morgan fingerprint density at radius 1 is 1.33 bits per heavy atom. The van der Waals surface area contributed by atoms with E-state index in [2.05, 4.69) is 5.32 Å². The molecular weight excluding hydrogens is 378 g/mol. The molecule has 10 nitrogen and oxygen atoms in total. The number of hydrogen-bond donors (Lipinski definition) is 4. The van der Waals surface area contributed by atoms with Gasteiger partial charge in [-0.05, 0) is 25.3 Å². The van der Waals surface area contributed by atoms with Gasteiger partial charge in [0.05, 0.1) is 0 Å². The van der Waals surface area contributed by atoms with Crippen LogP contribution in [0, 0.1) is 0 Å². The summed E-state index contributed by atoms with van der Waals surface area (Å²) in [4.78, 5) is 59.0. The van der Waals surface area contributed by atoms with Crippen molar-refractivity contribution >= 4 is 41.3 Å². The van der Waals surface area contributed by atoms with Gasteiger partial charge in [0.15, 0.2) is 0 Å². The molecule has 3 atom stereocenters. The molecule has 0 spiro atoms. The van der Waals surface area contributed by atoms with Gasteiger partial charge in [-0.15, -0.1) is 11.8 Å². The highest BCUT2D eigenvalue weighted by atomic mass is 32.2. The van der Waals surface area contributed by atoms with E-state index in [1.165, 1.54) is 18.7 Å². The number of carboxylic acids is 2. The van der Waals surface area contributed by atoms with Gasteiger partial charge in [0.1, 0.15) is 28.9 Å². The number of nitrogens with two attached hydrogens (primary N) is 1. The summed E-state index contributed by atoms with van der Waals surface area (Å²) in [7, 11) is 0. The monoisotopic (exact) mass is 399 g/mol. The molecule has 2 amide bonds. The number of carbonyl (C=O) groups excluding carboxylic acids is 3. The zero-order valence-electron chi connectivity index (χ0n) is 14.6. The Kier molecular flexibility index (Phi) is 6.60. The molecule has 0 aromatic rings. The minimum Gasteiger partial charge on any atom is -0.480 e. The molecule has 0 aromatic carbocycles. The second-order valence-electron chi connectivity index (χ2n) is 6.43. The Morgan fingerprint density at radius 3 is 2.56 bits per heavy atom. The van der Waals surface area contributed by atoms with E-state index >= 15 is 0 Å². The number of nitrogens with one attached hydrogen (secondary N) is 1. The number of carboxylic acid groups (broad SMARTS) is 2. The lowest BCUT2D eigenvalue weighted by atomic mass is 10.0. The molecule has 0 aromatic heterocycles. The van der Waals surface area contributed by atoms with Gasteiger partial charge in [-0.1, -0.05) is 0 Å². The van der Waals surface area contributed by atoms with Crippen LogP contribution in [0.5, 0.6) is 0 Å². The summed E-state index contributed by atoms with van der Waals surface area (Å²) in [6, 6.07) is -1.89. The molecule has 5 N–H and O–H groups in total. The highest BCUT2D eigenvalue weighted by Crippen LogP contribution is 2.41. The number of carbonyl (C=O) groups is 5. The maximum absolute atomic E-state index is 12.4. The van der Waals surface area contributed by atoms with Crippen molar-refractivity contribution in [2.75, 3.05) is 5.75 Å². The number of ketones is 1. The van der Waals surface area contributed by atoms with E-state index in [1.54, 1.807) is 0 Å². The number of nitrogens with zero attached hydrogens (tertiary/aromatic N) is 1. The van der Waals surface area contributed by atoms with Gasteiger partial charge in [-0.25, -0.2) is 4.79 Å². The van der Waals surface area contributed by atoms with Crippen LogP contribution in [-0.2, 0) is 24.0 Å². The first-order valence-electron chi connectivity index (χ1n) is 8.30. The molecule has 2 rings (SSSR count). The van der Waals surface area contributed by atoms with Gasteiger partial charge in [0.25, 0.3) is 5.91 Å². The highest BCUT2D eigenvalue weighted by Gasteiger charge is 2.54. The van der Waals surface area contributed by atoms with Crippen LogP contribution >= 0.6 is 11.8 Å². The predicted octanol–water partition coefficient (Wildman–Crippen LogP) is -0.714. The van der Waals surface area contributed by atoms with E-state index in [0.717, 1.165) is 4.90 Å². The highest BCUT2D eigenvalue weighted by molar-refractivity contribution is 8.00. The second kappa shape index (κ2) is 8.53. The lowest BCUT2D eigenvalue weighted by Gasteiger charge is -2.49. The largest absolute Gasteiger partial charge is 0.480 e. The van der Waals surface area contributed by atoms with E-state index in [1.807, 2.05) is 0 Å². The molecule has 0 radical (unpaired) electrons. The van der Waals surface area contributed by atoms with Gasteiger partial charge in [0.2, 0.25) is 5.91 Å². The van der Waals surface area contributed by atoms with Gasteiger partial charge in [0, 0.05) is 18.6 Å². The van der Waals surface area contributed by atoms with E-state index < -0.39 is 41.2 Å². The third-order valence-corrected chi connectivity index (χ3v) is 5.60. The molecule has 27 heavy (non-hydrogen) atoms. The van der Waals surface area contributed by atoms with Crippen molar-refractivity contribution in [3.63, 3.8) is 0 Å². The van der Waals surface area contributed by atoms with Crippen LogP contribution in [0.1, 0.15) is 32.6 Å². The number of aliphatic carboxylic acids is 2. The van der Waals surface area contributed by atoms with Crippen molar-refractivity contribution < 1.29 is 34.2 Å². The van der Waals surface area contributed by atoms with Crippen LogP contribution in [0.4, 0.5) is 0 Å². The van der Waals surface area contributed by atoms with Crippen molar-refractivity contribution in [2.45, 2.75) is 50.1 Å². The molecule has 11 heteroatoms.